The third kappa shape index (κ3) is 3.21. The molecule has 4 rings (SSSR count). The normalized spacial score (nSPS) is 20.3. The maximum atomic E-state index is 12.7. The second-order valence-electron chi connectivity index (χ2n) is 6.64. The molecule has 1 fully saturated rings. The van der Waals surface area contributed by atoms with Crippen molar-refractivity contribution in [3.63, 3.8) is 0 Å². The quantitative estimate of drug-likeness (QED) is 0.882. The summed E-state index contributed by atoms with van der Waals surface area (Å²) in [5.41, 5.74) is 2.26. The van der Waals surface area contributed by atoms with Gasteiger partial charge in [0, 0.05) is 44.9 Å². The lowest BCUT2D eigenvalue weighted by Crippen LogP contribution is -2.38. The molecule has 1 N–H and O–H groups in total. The summed E-state index contributed by atoms with van der Waals surface area (Å²) in [5.74, 6) is 0.244. The smallest absolute Gasteiger partial charge is 0.223 e. The van der Waals surface area contributed by atoms with Crippen molar-refractivity contribution in [3.05, 3.63) is 35.9 Å². The molecule has 0 saturated carbocycles. The van der Waals surface area contributed by atoms with Crippen LogP contribution < -0.4 is 5.32 Å². The molecule has 2 aliphatic rings. The topological polar surface area (TPSA) is 68.0 Å². The summed E-state index contributed by atoms with van der Waals surface area (Å²) in [7, 11) is 0. The molecule has 0 bridgehead atoms. The second-order valence-corrected chi connectivity index (χ2v) is 6.64. The molecule has 0 radical (unpaired) electrons. The average molecular weight is 328 g/mol. The van der Waals surface area contributed by atoms with Crippen molar-refractivity contribution in [3.8, 4) is 0 Å². The molecule has 1 atom stereocenters. The van der Waals surface area contributed by atoms with Crippen molar-refractivity contribution < 1.29 is 4.79 Å². The molecule has 4 heterocycles. The second kappa shape index (κ2) is 6.76. The highest BCUT2D eigenvalue weighted by Crippen LogP contribution is 2.20. The van der Waals surface area contributed by atoms with E-state index in [0.29, 0.717) is 6.42 Å². The molecule has 0 aromatic carbocycles. The number of hydrogen-bond donors (Lipinski definition) is 1. The molecule has 7 heteroatoms. The lowest BCUT2D eigenvalue weighted by atomic mass is 10.2. The Kier molecular flexibility index (Phi) is 4.34. The fraction of sp³-hybridized carbons (Fsp3) is 0.588. The maximum absolute atomic E-state index is 12.7. The van der Waals surface area contributed by atoms with Gasteiger partial charge in [-0.3, -0.25) is 14.2 Å². The lowest BCUT2D eigenvalue weighted by Gasteiger charge is -2.24. The van der Waals surface area contributed by atoms with Crippen LogP contribution in [0.4, 0.5) is 0 Å². The van der Waals surface area contributed by atoms with E-state index >= 15 is 0 Å². The number of nitrogens with zero attached hydrogens (tertiary/aromatic N) is 5. The first-order chi connectivity index (χ1) is 11.8. The van der Waals surface area contributed by atoms with Gasteiger partial charge in [0.2, 0.25) is 5.91 Å². The molecule has 2 aliphatic heterocycles. The molecule has 2 aromatic rings. The van der Waals surface area contributed by atoms with Gasteiger partial charge in [-0.15, -0.1) is 0 Å². The number of aromatic nitrogens is 4. The Morgan fingerprint density at radius 2 is 2.33 bits per heavy atom. The molecule has 0 spiro atoms. The molecule has 24 heavy (non-hydrogen) atoms. The molecule has 128 valence electrons. The highest BCUT2D eigenvalue weighted by Gasteiger charge is 2.28. The standard InChI is InChI=1S/C17H24N6O/c24-17(5-4-14-11-16-12-18-7-10-23(16)20-14)22-9-1-3-15(22)13-21-8-2-6-19-21/h2,6,8,11,15,18H,1,3-5,7,9-10,12-13H2. The predicted octanol–water partition coefficient (Wildman–Crippen LogP) is 0.807. The van der Waals surface area contributed by atoms with Crippen molar-refractivity contribution in [2.75, 3.05) is 13.1 Å². The SMILES string of the molecule is O=C(CCc1cc2n(n1)CCNC2)N1CCCC1Cn1cccn1. The number of aryl methyl sites for hydroxylation is 1. The van der Waals surface area contributed by atoms with E-state index < -0.39 is 0 Å². The highest BCUT2D eigenvalue weighted by atomic mass is 16.2. The highest BCUT2D eigenvalue weighted by molar-refractivity contribution is 5.77. The van der Waals surface area contributed by atoms with Crippen LogP contribution in [0.1, 0.15) is 30.7 Å². The van der Waals surface area contributed by atoms with E-state index in [2.05, 4.69) is 26.3 Å². The zero-order valence-corrected chi connectivity index (χ0v) is 13.9. The van der Waals surface area contributed by atoms with Gasteiger partial charge in [-0.05, 0) is 25.0 Å². The van der Waals surface area contributed by atoms with Gasteiger partial charge in [0.1, 0.15) is 0 Å². The van der Waals surface area contributed by atoms with Crippen LogP contribution in [0.2, 0.25) is 0 Å². The van der Waals surface area contributed by atoms with Crippen LogP contribution in [0.3, 0.4) is 0 Å². The minimum atomic E-state index is 0.244. The van der Waals surface area contributed by atoms with Crippen LogP contribution >= 0.6 is 0 Å². The Bertz CT molecular complexity index is 669. The van der Waals surface area contributed by atoms with Crippen LogP contribution in [0.5, 0.6) is 0 Å². The number of amides is 1. The Balaban J connectivity index is 1.34. The van der Waals surface area contributed by atoms with Gasteiger partial charge < -0.3 is 10.2 Å². The van der Waals surface area contributed by atoms with Crippen molar-refractivity contribution >= 4 is 5.91 Å². The number of likely N-dealkylation sites (tertiary alicyclic amines) is 1. The lowest BCUT2D eigenvalue weighted by molar-refractivity contribution is -0.132. The molecule has 0 aliphatic carbocycles. The van der Waals surface area contributed by atoms with Crippen LogP contribution in [-0.2, 0) is 30.8 Å². The van der Waals surface area contributed by atoms with Crippen molar-refractivity contribution in [2.24, 2.45) is 0 Å². The summed E-state index contributed by atoms with van der Waals surface area (Å²) in [4.78, 5) is 14.7. The molecular formula is C17H24N6O. The van der Waals surface area contributed by atoms with Gasteiger partial charge >= 0.3 is 0 Å². The van der Waals surface area contributed by atoms with E-state index in [-0.39, 0.29) is 11.9 Å². The summed E-state index contributed by atoms with van der Waals surface area (Å²) < 4.78 is 3.99. The number of nitrogens with one attached hydrogen (secondary N) is 1. The summed E-state index contributed by atoms with van der Waals surface area (Å²) in [5, 5.41) is 12.2. The first-order valence-electron chi connectivity index (χ1n) is 8.83. The largest absolute Gasteiger partial charge is 0.338 e. The van der Waals surface area contributed by atoms with Crippen molar-refractivity contribution in [1.29, 1.82) is 0 Å². The molecule has 7 nitrogen and oxygen atoms in total. The Labute approximate surface area is 141 Å². The molecule has 1 amide bonds. The van der Waals surface area contributed by atoms with Crippen molar-refractivity contribution in [2.45, 2.75) is 51.4 Å². The van der Waals surface area contributed by atoms with Crippen LogP contribution in [-0.4, -0.2) is 49.5 Å². The number of rotatable bonds is 5. The number of carbonyl (C=O) groups excluding carboxylic acids is 1. The number of carbonyl (C=O) groups is 1. The minimum Gasteiger partial charge on any atom is -0.338 e. The van der Waals surface area contributed by atoms with E-state index in [0.717, 1.165) is 57.7 Å². The van der Waals surface area contributed by atoms with E-state index in [1.54, 1.807) is 6.20 Å². The van der Waals surface area contributed by atoms with Crippen LogP contribution in [0.15, 0.2) is 24.5 Å². The minimum absolute atomic E-state index is 0.244. The summed E-state index contributed by atoms with van der Waals surface area (Å²) in [6, 6.07) is 4.33. The summed E-state index contributed by atoms with van der Waals surface area (Å²) in [6.45, 7) is 4.42. The Morgan fingerprint density at radius 3 is 3.17 bits per heavy atom. The molecule has 1 unspecified atom stereocenters. The predicted molar refractivity (Wildman–Crippen MR) is 89.2 cm³/mol. The van der Waals surface area contributed by atoms with Crippen LogP contribution in [0, 0.1) is 0 Å². The molecular weight excluding hydrogens is 304 g/mol. The van der Waals surface area contributed by atoms with Gasteiger partial charge in [-0.1, -0.05) is 0 Å². The third-order valence-electron chi connectivity index (χ3n) is 4.97. The fourth-order valence-electron chi connectivity index (χ4n) is 3.73. The van der Waals surface area contributed by atoms with Crippen LogP contribution in [0.25, 0.3) is 0 Å². The van der Waals surface area contributed by atoms with Gasteiger partial charge in [0.15, 0.2) is 0 Å². The van der Waals surface area contributed by atoms with E-state index in [9.17, 15) is 4.79 Å². The fourth-order valence-corrected chi connectivity index (χ4v) is 3.73. The average Bonchev–Trinajstić information content (AvgIpc) is 3.33. The van der Waals surface area contributed by atoms with Gasteiger partial charge in [0.25, 0.3) is 0 Å². The van der Waals surface area contributed by atoms with E-state index in [1.165, 1.54) is 5.69 Å². The Hall–Kier alpha value is -2.15. The van der Waals surface area contributed by atoms with Crippen molar-refractivity contribution in [1.82, 2.24) is 29.8 Å². The third-order valence-corrected chi connectivity index (χ3v) is 4.97. The summed E-state index contributed by atoms with van der Waals surface area (Å²) >= 11 is 0. The Morgan fingerprint density at radius 1 is 1.38 bits per heavy atom. The van der Waals surface area contributed by atoms with E-state index in [4.69, 9.17) is 0 Å². The van der Waals surface area contributed by atoms with Gasteiger partial charge in [-0.2, -0.15) is 10.2 Å². The summed E-state index contributed by atoms with van der Waals surface area (Å²) in [6.07, 6.45) is 7.17. The van der Waals surface area contributed by atoms with E-state index in [1.807, 2.05) is 21.8 Å². The maximum Gasteiger partial charge on any atom is 0.223 e. The molecule has 2 aromatic heterocycles. The molecule has 1 saturated heterocycles. The number of fused-ring (bicyclic) bond motifs is 1. The first-order valence-corrected chi connectivity index (χ1v) is 8.83. The zero-order chi connectivity index (χ0) is 16.4. The monoisotopic (exact) mass is 328 g/mol. The zero-order valence-electron chi connectivity index (χ0n) is 13.9. The van der Waals surface area contributed by atoms with Gasteiger partial charge in [0.05, 0.1) is 30.5 Å². The number of hydrogen-bond acceptors (Lipinski definition) is 4. The van der Waals surface area contributed by atoms with Gasteiger partial charge in [-0.25, -0.2) is 0 Å². The first kappa shape index (κ1) is 15.4.